The van der Waals surface area contributed by atoms with Gasteiger partial charge in [0.05, 0.1) is 0 Å². The van der Waals surface area contributed by atoms with E-state index < -0.39 is 0 Å². The van der Waals surface area contributed by atoms with Crippen LogP contribution in [-0.2, 0) is 4.74 Å². The van der Waals surface area contributed by atoms with Gasteiger partial charge < -0.3 is 15.0 Å². The lowest BCUT2D eigenvalue weighted by Crippen LogP contribution is -2.43. The molecule has 1 aliphatic rings. The lowest BCUT2D eigenvalue weighted by Gasteiger charge is -2.26. The second-order valence-corrected chi connectivity index (χ2v) is 3.85. The normalized spacial score (nSPS) is 18.6. The predicted molar refractivity (Wildman–Crippen MR) is 59.7 cm³/mol. The minimum absolute atomic E-state index is 0.859. The Morgan fingerprint density at radius 3 is 2.64 bits per heavy atom. The Morgan fingerprint density at radius 1 is 1.14 bits per heavy atom. The Balaban J connectivity index is 1.82. The molecule has 1 heterocycles. The van der Waals surface area contributed by atoms with Crippen LogP contribution in [0, 0.1) is 0 Å². The first kappa shape index (κ1) is 12.0. The fraction of sp³-hybridized carbons (Fsp3) is 1.00. The van der Waals surface area contributed by atoms with Gasteiger partial charge >= 0.3 is 0 Å². The maximum absolute atomic E-state index is 5.30. The largest absolute Gasteiger partial charge is 0.382 e. The van der Waals surface area contributed by atoms with Gasteiger partial charge in [-0.15, -0.1) is 0 Å². The lowest BCUT2D eigenvalue weighted by molar-refractivity contribution is 0.141. The predicted octanol–water partition coefficient (Wildman–Crippen LogP) is 1.10. The van der Waals surface area contributed by atoms with Crippen LogP contribution in [0.5, 0.6) is 0 Å². The highest BCUT2D eigenvalue weighted by molar-refractivity contribution is 4.66. The molecule has 0 aromatic carbocycles. The third-order valence-electron chi connectivity index (χ3n) is 2.68. The van der Waals surface area contributed by atoms with Gasteiger partial charge in [0.15, 0.2) is 0 Å². The first-order valence-corrected chi connectivity index (χ1v) is 5.94. The smallest absolute Gasteiger partial charge is 0.0465 e. The van der Waals surface area contributed by atoms with Gasteiger partial charge in [-0.2, -0.15) is 0 Å². The Labute approximate surface area is 87.8 Å². The molecule has 1 rings (SSSR count). The summed E-state index contributed by atoms with van der Waals surface area (Å²) in [6, 6.07) is 0. The highest BCUT2D eigenvalue weighted by atomic mass is 16.5. The molecule has 1 N–H and O–H groups in total. The van der Waals surface area contributed by atoms with Crippen molar-refractivity contribution in [2.24, 2.45) is 0 Å². The van der Waals surface area contributed by atoms with E-state index in [4.69, 9.17) is 4.74 Å². The van der Waals surface area contributed by atoms with Crippen LogP contribution >= 0.6 is 0 Å². The van der Waals surface area contributed by atoms with Crippen LogP contribution in [0.15, 0.2) is 0 Å². The van der Waals surface area contributed by atoms with Crippen molar-refractivity contribution >= 4 is 0 Å². The quantitative estimate of drug-likeness (QED) is 0.623. The van der Waals surface area contributed by atoms with Gasteiger partial charge in [0.2, 0.25) is 0 Å². The van der Waals surface area contributed by atoms with Gasteiger partial charge in [-0.3, -0.25) is 0 Å². The zero-order chi connectivity index (χ0) is 10.1. The van der Waals surface area contributed by atoms with E-state index in [1.165, 1.54) is 52.0 Å². The Kier molecular flexibility index (Phi) is 7.01. The maximum atomic E-state index is 5.30. The molecule has 3 heteroatoms. The van der Waals surface area contributed by atoms with Crippen molar-refractivity contribution in [2.45, 2.75) is 26.2 Å². The van der Waals surface area contributed by atoms with Crippen LogP contribution in [0.3, 0.4) is 0 Å². The molecule has 1 aliphatic heterocycles. The number of ether oxygens (including phenoxy) is 1. The summed E-state index contributed by atoms with van der Waals surface area (Å²) < 4.78 is 5.30. The van der Waals surface area contributed by atoms with Crippen molar-refractivity contribution in [2.75, 3.05) is 45.9 Å². The first-order chi connectivity index (χ1) is 6.93. The summed E-state index contributed by atoms with van der Waals surface area (Å²) in [6.07, 6.45) is 3.86. The van der Waals surface area contributed by atoms with E-state index in [9.17, 15) is 0 Å². The summed E-state index contributed by atoms with van der Waals surface area (Å²) in [4.78, 5) is 2.55. The van der Waals surface area contributed by atoms with Gasteiger partial charge in [0, 0.05) is 39.4 Å². The summed E-state index contributed by atoms with van der Waals surface area (Å²) in [5.41, 5.74) is 0. The van der Waals surface area contributed by atoms with Crippen molar-refractivity contribution in [3.8, 4) is 0 Å². The number of unbranched alkanes of at least 4 members (excludes halogenated alkanes) is 2. The van der Waals surface area contributed by atoms with Gasteiger partial charge in [-0.25, -0.2) is 0 Å². The van der Waals surface area contributed by atoms with Gasteiger partial charge in [-0.1, -0.05) is 0 Å². The number of hydrogen-bond donors (Lipinski definition) is 1. The van der Waals surface area contributed by atoms with Crippen molar-refractivity contribution in [3.05, 3.63) is 0 Å². The summed E-state index contributed by atoms with van der Waals surface area (Å²) in [5, 5.41) is 3.37. The van der Waals surface area contributed by atoms with Crippen LogP contribution < -0.4 is 5.32 Å². The minimum Gasteiger partial charge on any atom is -0.382 e. The van der Waals surface area contributed by atoms with Gasteiger partial charge in [0.1, 0.15) is 0 Å². The Hall–Kier alpha value is -0.120. The number of nitrogens with zero attached hydrogens (tertiary/aromatic N) is 1. The molecular formula is C11H24N2O. The van der Waals surface area contributed by atoms with E-state index in [1.807, 2.05) is 0 Å². The monoisotopic (exact) mass is 200 g/mol. The van der Waals surface area contributed by atoms with Crippen LogP contribution in [-0.4, -0.2) is 50.8 Å². The van der Waals surface area contributed by atoms with Crippen LogP contribution in [0.2, 0.25) is 0 Å². The summed E-state index contributed by atoms with van der Waals surface area (Å²) in [7, 11) is 0. The third-order valence-corrected chi connectivity index (χ3v) is 2.68. The van der Waals surface area contributed by atoms with Crippen molar-refractivity contribution in [1.82, 2.24) is 10.2 Å². The number of nitrogens with one attached hydrogen (secondary N) is 1. The highest BCUT2D eigenvalue weighted by Gasteiger charge is 2.07. The minimum atomic E-state index is 0.859. The van der Waals surface area contributed by atoms with Crippen LogP contribution in [0.25, 0.3) is 0 Å². The zero-order valence-electron chi connectivity index (χ0n) is 9.43. The van der Waals surface area contributed by atoms with Crippen molar-refractivity contribution in [1.29, 1.82) is 0 Å². The molecule has 0 aliphatic carbocycles. The van der Waals surface area contributed by atoms with Gasteiger partial charge in [-0.05, 0) is 32.7 Å². The molecular weight excluding hydrogens is 176 g/mol. The first-order valence-electron chi connectivity index (χ1n) is 5.94. The molecule has 14 heavy (non-hydrogen) atoms. The third kappa shape index (κ3) is 5.58. The maximum Gasteiger partial charge on any atom is 0.0465 e. The number of hydrogen-bond acceptors (Lipinski definition) is 3. The number of rotatable bonds is 7. The fourth-order valence-corrected chi connectivity index (χ4v) is 1.80. The Morgan fingerprint density at radius 2 is 1.93 bits per heavy atom. The summed E-state index contributed by atoms with van der Waals surface area (Å²) in [5.74, 6) is 0. The molecule has 1 saturated heterocycles. The SMILES string of the molecule is CCOCCCCCN1CCNCC1. The summed E-state index contributed by atoms with van der Waals surface area (Å²) >= 11 is 0. The average molecular weight is 200 g/mol. The molecule has 0 amide bonds. The molecule has 3 nitrogen and oxygen atoms in total. The average Bonchev–Trinajstić information content (AvgIpc) is 2.25. The standard InChI is InChI=1S/C11H24N2O/c1-2-14-11-5-3-4-8-13-9-6-12-7-10-13/h12H,2-11H2,1H3. The summed E-state index contributed by atoms with van der Waals surface area (Å²) in [6.45, 7) is 9.92. The Bertz CT molecular complexity index is 124. The van der Waals surface area contributed by atoms with E-state index in [0.29, 0.717) is 0 Å². The number of piperazine rings is 1. The molecule has 84 valence electrons. The fourth-order valence-electron chi connectivity index (χ4n) is 1.80. The highest BCUT2D eigenvalue weighted by Crippen LogP contribution is 2.00. The van der Waals surface area contributed by atoms with Crippen LogP contribution in [0.4, 0.5) is 0 Å². The molecule has 0 spiro atoms. The van der Waals surface area contributed by atoms with E-state index in [2.05, 4.69) is 17.1 Å². The van der Waals surface area contributed by atoms with E-state index in [-0.39, 0.29) is 0 Å². The molecule has 0 aromatic heterocycles. The second-order valence-electron chi connectivity index (χ2n) is 3.85. The molecule has 1 fully saturated rings. The van der Waals surface area contributed by atoms with E-state index in [1.54, 1.807) is 0 Å². The molecule has 0 atom stereocenters. The molecule has 0 aromatic rings. The zero-order valence-corrected chi connectivity index (χ0v) is 9.43. The molecule has 0 bridgehead atoms. The molecule has 0 unspecified atom stereocenters. The molecule has 0 saturated carbocycles. The second kappa shape index (κ2) is 8.21. The van der Waals surface area contributed by atoms with E-state index >= 15 is 0 Å². The lowest BCUT2D eigenvalue weighted by atomic mass is 10.2. The van der Waals surface area contributed by atoms with Crippen molar-refractivity contribution in [3.63, 3.8) is 0 Å². The van der Waals surface area contributed by atoms with E-state index in [0.717, 1.165) is 13.2 Å². The van der Waals surface area contributed by atoms with Gasteiger partial charge in [0.25, 0.3) is 0 Å². The molecule has 0 radical (unpaired) electrons. The van der Waals surface area contributed by atoms with Crippen molar-refractivity contribution < 1.29 is 4.74 Å². The topological polar surface area (TPSA) is 24.5 Å². The van der Waals surface area contributed by atoms with Crippen LogP contribution in [0.1, 0.15) is 26.2 Å².